The van der Waals surface area contributed by atoms with Crippen LogP contribution in [0.4, 0.5) is 17.6 Å². The van der Waals surface area contributed by atoms with Crippen molar-refractivity contribution in [1.29, 1.82) is 0 Å². The van der Waals surface area contributed by atoms with Gasteiger partial charge < -0.3 is 0 Å². The summed E-state index contributed by atoms with van der Waals surface area (Å²) in [5, 5.41) is 0.517. The van der Waals surface area contributed by atoms with E-state index in [0.29, 0.717) is 16.3 Å². The van der Waals surface area contributed by atoms with E-state index in [1.807, 2.05) is 32.0 Å². The van der Waals surface area contributed by atoms with Crippen molar-refractivity contribution in [2.24, 2.45) is 0 Å². The van der Waals surface area contributed by atoms with E-state index in [1.54, 1.807) is 11.8 Å². The molecule has 0 N–H and O–H groups in total. The molecule has 1 heterocycles. The Morgan fingerprint density at radius 1 is 1.15 bits per heavy atom. The molecular weight excluding hydrogens is 382 g/mol. The Hall–Kier alpha value is -1.86. The first-order valence-electron chi connectivity index (χ1n) is 7.68. The van der Waals surface area contributed by atoms with Crippen molar-refractivity contribution in [2.45, 2.75) is 30.7 Å². The van der Waals surface area contributed by atoms with Gasteiger partial charge in [0.05, 0.1) is 11.3 Å². The lowest BCUT2D eigenvalue weighted by atomic mass is 10.1. The number of rotatable bonds is 4. The monoisotopic (exact) mass is 396 g/mol. The molecule has 0 aliphatic rings. The van der Waals surface area contributed by atoms with Crippen molar-refractivity contribution < 1.29 is 17.6 Å². The summed E-state index contributed by atoms with van der Waals surface area (Å²) in [7, 11) is 0. The van der Waals surface area contributed by atoms with E-state index in [2.05, 4.69) is 11.1 Å². The number of alkyl halides is 3. The summed E-state index contributed by atoms with van der Waals surface area (Å²) in [6.07, 6.45) is -4.70. The van der Waals surface area contributed by atoms with Crippen LogP contribution >= 0.6 is 23.1 Å². The summed E-state index contributed by atoms with van der Waals surface area (Å²) in [5.74, 6) is -0.592. The fourth-order valence-electron chi connectivity index (χ4n) is 2.36. The lowest BCUT2D eigenvalue weighted by Crippen LogP contribution is -2.07. The summed E-state index contributed by atoms with van der Waals surface area (Å²) >= 11 is 3.02. The maximum absolute atomic E-state index is 13.8. The van der Waals surface area contributed by atoms with Crippen LogP contribution in [0.1, 0.15) is 21.7 Å². The average molecular weight is 396 g/mol. The highest BCUT2D eigenvalue weighted by Gasteiger charge is 2.34. The van der Waals surface area contributed by atoms with Crippen LogP contribution in [-0.4, -0.2) is 4.98 Å². The summed E-state index contributed by atoms with van der Waals surface area (Å²) in [6, 6.07) is 11.9. The van der Waals surface area contributed by atoms with Crippen LogP contribution in [0.5, 0.6) is 0 Å². The second kappa shape index (κ2) is 7.40. The van der Waals surface area contributed by atoms with E-state index in [-0.39, 0.29) is 0 Å². The zero-order chi connectivity index (χ0) is 18.9. The highest BCUT2D eigenvalue weighted by Crippen LogP contribution is 2.36. The molecule has 0 spiro atoms. The molecule has 0 bridgehead atoms. The minimum absolute atomic E-state index is 0.352. The Morgan fingerprint density at radius 2 is 1.92 bits per heavy atom. The number of thioether (sulfide) groups is 1. The van der Waals surface area contributed by atoms with Gasteiger partial charge in [-0.25, -0.2) is 9.37 Å². The SMILES string of the molecule is Cc1[c]ccc(SCc2sc(-c3ccc(C(F)(F)F)c(F)c3)nc2C)c1. The number of aromatic nitrogens is 1. The van der Waals surface area contributed by atoms with Gasteiger partial charge >= 0.3 is 6.18 Å². The predicted molar refractivity (Wildman–Crippen MR) is 96.8 cm³/mol. The van der Waals surface area contributed by atoms with Gasteiger partial charge in [-0.3, -0.25) is 0 Å². The van der Waals surface area contributed by atoms with E-state index in [9.17, 15) is 17.6 Å². The lowest BCUT2D eigenvalue weighted by molar-refractivity contribution is -0.139. The third kappa shape index (κ3) is 4.27. The zero-order valence-corrected chi connectivity index (χ0v) is 15.6. The van der Waals surface area contributed by atoms with Gasteiger partial charge in [-0.1, -0.05) is 12.1 Å². The molecule has 0 aliphatic heterocycles. The standard InChI is InChI=1S/C19H14F4NS2/c1-11-4-3-5-14(8-11)25-10-17-12(2)24-18(26-17)13-6-7-15(16(20)9-13)19(21,22)23/h3,5-9H,10H2,1-2H3. The number of aryl methyl sites for hydroxylation is 2. The van der Waals surface area contributed by atoms with Crippen molar-refractivity contribution in [3.63, 3.8) is 0 Å². The molecule has 0 amide bonds. The van der Waals surface area contributed by atoms with Gasteiger partial charge in [-0.05, 0) is 49.7 Å². The summed E-state index contributed by atoms with van der Waals surface area (Å²) in [5.41, 5.74) is 0.945. The molecule has 7 heteroatoms. The second-order valence-corrected chi connectivity index (χ2v) is 7.85. The number of hydrogen-bond donors (Lipinski definition) is 0. The quantitative estimate of drug-likeness (QED) is 0.360. The largest absolute Gasteiger partial charge is 0.419 e. The predicted octanol–water partition coefficient (Wildman–Crippen LogP) is 6.68. The Labute approximate surface area is 157 Å². The molecular formula is C19H14F4NS2. The van der Waals surface area contributed by atoms with Crippen LogP contribution in [0.25, 0.3) is 10.6 Å². The van der Waals surface area contributed by atoms with Crippen molar-refractivity contribution in [3.8, 4) is 10.6 Å². The molecule has 0 saturated heterocycles. The number of hydrogen-bond acceptors (Lipinski definition) is 3. The van der Waals surface area contributed by atoms with Gasteiger partial charge in [0.15, 0.2) is 0 Å². The second-order valence-electron chi connectivity index (χ2n) is 5.72. The van der Waals surface area contributed by atoms with Crippen molar-refractivity contribution in [2.75, 3.05) is 0 Å². The van der Waals surface area contributed by atoms with Crippen LogP contribution in [0.2, 0.25) is 0 Å². The zero-order valence-electron chi connectivity index (χ0n) is 13.9. The molecule has 3 aromatic rings. The van der Waals surface area contributed by atoms with Crippen molar-refractivity contribution in [3.05, 3.63) is 70.0 Å². The number of nitrogens with zero attached hydrogens (tertiary/aromatic N) is 1. The summed E-state index contributed by atoms with van der Waals surface area (Å²) in [6.45, 7) is 3.82. The third-order valence-corrected chi connectivity index (χ3v) is 6.11. The van der Waals surface area contributed by atoms with Crippen LogP contribution < -0.4 is 0 Å². The first kappa shape index (κ1) is 18.9. The molecule has 1 nitrogen and oxygen atoms in total. The van der Waals surface area contributed by atoms with Crippen molar-refractivity contribution >= 4 is 23.1 Å². The normalized spacial score (nSPS) is 11.8. The summed E-state index contributed by atoms with van der Waals surface area (Å²) in [4.78, 5) is 6.51. The van der Waals surface area contributed by atoms with Gasteiger partial charge in [-0.2, -0.15) is 13.2 Å². The van der Waals surface area contributed by atoms with E-state index < -0.39 is 17.6 Å². The first-order valence-corrected chi connectivity index (χ1v) is 9.49. The van der Waals surface area contributed by atoms with E-state index in [4.69, 9.17) is 0 Å². The van der Waals surface area contributed by atoms with E-state index in [0.717, 1.165) is 33.2 Å². The Bertz CT molecular complexity index is 932. The first-order chi connectivity index (χ1) is 12.2. The molecule has 0 saturated carbocycles. The highest BCUT2D eigenvalue weighted by molar-refractivity contribution is 7.98. The van der Waals surface area contributed by atoms with Gasteiger partial charge in [0, 0.05) is 21.1 Å². The molecule has 0 atom stereocenters. The fourth-order valence-corrected chi connectivity index (χ4v) is 4.56. The van der Waals surface area contributed by atoms with Crippen LogP contribution in [0.15, 0.2) is 41.3 Å². The third-order valence-electron chi connectivity index (χ3n) is 3.70. The Kier molecular flexibility index (Phi) is 5.39. The molecule has 26 heavy (non-hydrogen) atoms. The van der Waals surface area contributed by atoms with E-state index >= 15 is 0 Å². The maximum Gasteiger partial charge on any atom is 0.419 e. The van der Waals surface area contributed by atoms with Gasteiger partial charge in [0.25, 0.3) is 0 Å². The maximum atomic E-state index is 13.8. The Balaban J connectivity index is 1.81. The highest BCUT2D eigenvalue weighted by atomic mass is 32.2. The molecule has 1 aromatic heterocycles. The number of thiazole rings is 1. The molecule has 135 valence electrons. The van der Waals surface area contributed by atoms with Crippen LogP contribution in [-0.2, 0) is 11.9 Å². The average Bonchev–Trinajstić information content (AvgIpc) is 2.93. The van der Waals surface area contributed by atoms with Gasteiger partial charge in [0.1, 0.15) is 10.8 Å². The minimum Gasteiger partial charge on any atom is -0.241 e. The van der Waals surface area contributed by atoms with Crippen LogP contribution in [0, 0.1) is 25.7 Å². The Morgan fingerprint density at radius 3 is 2.58 bits per heavy atom. The molecule has 3 rings (SSSR count). The fraction of sp³-hybridized carbons (Fsp3) is 0.211. The van der Waals surface area contributed by atoms with Crippen molar-refractivity contribution in [1.82, 2.24) is 4.98 Å². The molecule has 2 aromatic carbocycles. The molecule has 0 aliphatic carbocycles. The topological polar surface area (TPSA) is 12.9 Å². The van der Waals surface area contributed by atoms with Gasteiger partial charge in [-0.15, -0.1) is 23.1 Å². The smallest absolute Gasteiger partial charge is 0.241 e. The molecule has 0 fully saturated rings. The molecule has 1 radical (unpaired) electrons. The molecule has 0 unspecified atom stereocenters. The lowest BCUT2D eigenvalue weighted by Gasteiger charge is -2.08. The number of halogens is 4. The minimum atomic E-state index is -4.70. The van der Waals surface area contributed by atoms with E-state index in [1.165, 1.54) is 17.4 Å². The number of benzene rings is 2. The van der Waals surface area contributed by atoms with Gasteiger partial charge in [0.2, 0.25) is 0 Å². The van der Waals surface area contributed by atoms with Crippen LogP contribution in [0.3, 0.4) is 0 Å². The summed E-state index contributed by atoms with van der Waals surface area (Å²) < 4.78 is 51.8.